The third kappa shape index (κ3) is 4.81. The number of hydrogen-bond acceptors (Lipinski definition) is 5. The molecule has 1 aromatic heterocycles. The third-order valence-corrected chi connectivity index (χ3v) is 4.25. The molecule has 0 radical (unpaired) electrons. The average molecular weight is 396 g/mol. The molecule has 7 nitrogen and oxygen atoms in total. The molecule has 150 valence electrons. The number of carbonyl (C=O) groups excluding carboxylic acids is 1. The molecule has 10 heteroatoms. The third-order valence-electron chi connectivity index (χ3n) is 4.25. The lowest BCUT2D eigenvalue weighted by Gasteiger charge is -2.32. The van der Waals surface area contributed by atoms with Gasteiger partial charge in [-0.3, -0.25) is 0 Å². The summed E-state index contributed by atoms with van der Waals surface area (Å²) in [7, 11) is 1.47. The highest BCUT2D eigenvalue weighted by Crippen LogP contribution is 2.34. The van der Waals surface area contributed by atoms with Crippen LogP contribution in [-0.4, -0.2) is 47.4 Å². The van der Waals surface area contributed by atoms with E-state index >= 15 is 0 Å². The number of para-hydroxylation sites is 1. The molecule has 1 aliphatic rings. The second-order valence-electron chi connectivity index (χ2n) is 6.22. The van der Waals surface area contributed by atoms with Crippen molar-refractivity contribution in [1.29, 1.82) is 0 Å². The summed E-state index contributed by atoms with van der Waals surface area (Å²) in [5.41, 5.74) is -1.16. The molecule has 1 fully saturated rings. The van der Waals surface area contributed by atoms with E-state index < -0.39 is 17.8 Å². The number of methoxy groups -OCH3 is 1. The number of nitrogens with zero attached hydrogens (tertiary/aromatic N) is 3. The van der Waals surface area contributed by atoms with Crippen LogP contribution in [0.15, 0.2) is 36.4 Å². The first-order chi connectivity index (χ1) is 13.4. The van der Waals surface area contributed by atoms with Crippen LogP contribution < -0.4 is 14.8 Å². The first-order valence-corrected chi connectivity index (χ1v) is 8.63. The van der Waals surface area contributed by atoms with Crippen LogP contribution in [0.2, 0.25) is 0 Å². The molecule has 1 saturated heterocycles. The van der Waals surface area contributed by atoms with Gasteiger partial charge in [0.05, 0.1) is 24.9 Å². The first-order valence-electron chi connectivity index (χ1n) is 8.63. The molecule has 1 N–H and O–H groups in total. The minimum absolute atomic E-state index is 0.230. The van der Waals surface area contributed by atoms with Gasteiger partial charge in [0, 0.05) is 18.7 Å². The van der Waals surface area contributed by atoms with Crippen molar-refractivity contribution < 1.29 is 27.4 Å². The number of piperidine rings is 1. The van der Waals surface area contributed by atoms with Crippen LogP contribution in [0.5, 0.6) is 11.8 Å². The quantitative estimate of drug-likeness (QED) is 0.855. The summed E-state index contributed by atoms with van der Waals surface area (Å²) in [5.74, 6) is 0.635. The number of benzene rings is 1. The molecule has 2 heterocycles. The summed E-state index contributed by atoms with van der Waals surface area (Å²) in [4.78, 5) is 13.9. The fourth-order valence-corrected chi connectivity index (χ4v) is 2.90. The molecule has 0 bridgehead atoms. The van der Waals surface area contributed by atoms with Crippen LogP contribution in [-0.2, 0) is 6.18 Å². The van der Waals surface area contributed by atoms with Gasteiger partial charge in [-0.05, 0) is 25.0 Å². The zero-order valence-corrected chi connectivity index (χ0v) is 15.1. The molecule has 1 aromatic carbocycles. The number of halogens is 3. The normalized spacial score (nSPS) is 17.1. The zero-order chi connectivity index (χ0) is 20.1. The Morgan fingerprint density at radius 1 is 1.18 bits per heavy atom. The fourth-order valence-electron chi connectivity index (χ4n) is 2.90. The lowest BCUT2D eigenvalue weighted by atomic mass is 10.1. The van der Waals surface area contributed by atoms with E-state index in [1.54, 1.807) is 12.1 Å². The maximum absolute atomic E-state index is 13.1. The molecular weight excluding hydrogens is 377 g/mol. The van der Waals surface area contributed by atoms with Crippen molar-refractivity contribution in [1.82, 2.24) is 15.1 Å². The molecular formula is C18H19F3N4O3. The van der Waals surface area contributed by atoms with Crippen LogP contribution in [0.25, 0.3) is 0 Å². The summed E-state index contributed by atoms with van der Waals surface area (Å²) >= 11 is 0. The standard InChI is InChI=1S/C18H19F3N4O3/c1-27-15-8-9-16(24-23-15)28-12-5-4-10-25(11-12)17(26)22-14-7-3-2-6-13(14)18(19,20)21/h2-3,6-9,12H,4-5,10-11H2,1H3,(H,22,26). The molecule has 3 rings (SSSR count). The Morgan fingerprint density at radius 3 is 2.57 bits per heavy atom. The number of rotatable bonds is 4. The second-order valence-corrected chi connectivity index (χ2v) is 6.22. The van der Waals surface area contributed by atoms with Gasteiger partial charge in [-0.15, -0.1) is 10.2 Å². The minimum Gasteiger partial charge on any atom is -0.480 e. The number of carbonyl (C=O) groups is 1. The Hall–Kier alpha value is -3.04. The Morgan fingerprint density at radius 2 is 1.89 bits per heavy atom. The summed E-state index contributed by atoms with van der Waals surface area (Å²) < 4.78 is 49.9. The van der Waals surface area contributed by atoms with Crippen molar-refractivity contribution in [2.75, 3.05) is 25.5 Å². The summed E-state index contributed by atoms with van der Waals surface area (Å²) in [6.45, 7) is 0.655. The van der Waals surface area contributed by atoms with E-state index in [-0.39, 0.29) is 24.2 Å². The first kappa shape index (κ1) is 19.7. The number of amides is 2. The van der Waals surface area contributed by atoms with Crippen molar-refractivity contribution in [3.63, 3.8) is 0 Å². The van der Waals surface area contributed by atoms with E-state index in [2.05, 4.69) is 15.5 Å². The van der Waals surface area contributed by atoms with Gasteiger partial charge in [-0.25, -0.2) is 4.79 Å². The second kappa shape index (κ2) is 8.32. The number of likely N-dealkylation sites (tertiary alicyclic amines) is 1. The number of hydrogen-bond donors (Lipinski definition) is 1. The van der Waals surface area contributed by atoms with Gasteiger partial charge in [-0.2, -0.15) is 13.2 Å². The van der Waals surface area contributed by atoms with Crippen molar-refractivity contribution in [2.45, 2.75) is 25.1 Å². The van der Waals surface area contributed by atoms with E-state index in [4.69, 9.17) is 9.47 Å². The number of ether oxygens (including phenoxy) is 2. The Balaban J connectivity index is 1.63. The molecule has 0 saturated carbocycles. The minimum atomic E-state index is -4.55. The van der Waals surface area contributed by atoms with Gasteiger partial charge in [0.15, 0.2) is 0 Å². The highest BCUT2D eigenvalue weighted by molar-refractivity contribution is 5.90. The van der Waals surface area contributed by atoms with E-state index in [0.29, 0.717) is 25.3 Å². The molecule has 1 aliphatic heterocycles. The van der Waals surface area contributed by atoms with Crippen LogP contribution >= 0.6 is 0 Å². The molecule has 0 spiro atoms. The number of anilines is 1. The van der Waals surface area contributed by atoms with Crippen molar-refractivity contribution in [2.24, 2.45) is 0 Å². The SMILES string of the molecule is COc1ccc(OC2CCCN(C(=O)Nc3ccccc3C(F)(F)F)C2)nn1. The molecule has 1 unspecified atom stereocenters. The largest absolute Gasteiger partial charge is 0.480 e. The number of urea groups is 1. The topological polar surface area (TPSA) is 76.6 Å². The Bertz CT molecular complexity index is 814. The highest BCUT2D eigenvalue weighted by Gasteiger charge is 2.34. The average Bonchev–Trinajstić information content (AvgIpc) is 2.68. The summed E-state index contributed by atoms with van der Waals surface area (Å²) in [6.07, 6.45) is -3.54. The molecule has 1 atom stereocenters. The van der Waals surface area contributed by atoms with Crippen molar-refractivity contribution >= 4 is 11.7 Å². The van der Waals surface area contributed by atoms with E-state index in [1.165, 1.54) is 30.2 Å². The Kier molecular flexibility index (Phi) is 5.86. The van der Waals surface area contributed by atoms with Gasteiger partial charge in [0.25, 0.3) is 0 Å². The molecule has 28 heavy (non-hydrogen) atoms. The van der Waals surface area contributed by atoms with Crippen molar-refractivity contribution in [3.05, 3.63) is 42.0 Å². The smallest absolute Gasteiger partial charge is 0.418 e. The Labute approximate surface area is 159 Å². The predicted octanol–water partition coefficient (Wildman–Crippen LogP) is 3.58. The van der Waals surface area contributed by atoms with E-state index in [0.717, 1.165) is 6.07 Å². The van der Waals surface area contributed by atoms with Crippen LogP contribution in [0.3, 0.4) is 0 Å². The summed E-state index contributed by atoms with van der Waals surface area (Å²) in [6, 6.07) is 7.47. The molecule has 2 aromatic rings. The van der Waals surface area contributed by atoms with Crippen LogP contribution in [0.4, 0.5) is 23.7 Å². The van der Waals surface area contributed by atoms with Gasteiger partial charge >= 0.3 is 12.2 Å². The van der Waals surface area contributed by atoms with Crippen LogP contribution in [0.1, 0.15) is 18.4 Å². The van der Waals surface area contributed by atoms with E-state index in [9.17, 15) is 18.0 Å². The van der Waals surface area contributed by atoms with Gasteiger partial charge < -0.3 is 19.7 Å². The lowest BCUT2D eigenvalue weighted by molar-refractivity contribution is -0.136. The fraction of sp³-hybridized carbons (Fsp3) is 0.389. The predicted molar refractivity (Wildman–Crippen MR) is 94.3 cm³/mol. The van der Waals surface area contributed by atoms with E-state index in [1.807, 2.05) is 0 Å². The lowest BCUT2D eigenvalue weighted by Crippen LogP contribution is -2.46. The number of alkyl halides is 3. The van der Waals surface area contributed by atoms with Gasteiger partial charge in [0.1, 0.15) is 6.10 Å². The number of aromatic nitrogens is 2. The summed E-state index contributed by atoms with van der Waals surface area (Å²) in [5, 5.41) is 10.0. The monoisotopic (exact) mass is 396 g/mol. The van der Waals surface area contributed by atoms with Gasteiger partial charge in [0.2, 0.25) is 11.8 Å². The zero-order valence-electron chi connectivity index (χ0n) is 15.1. The maximum Gasteiger partial charge on any atom is 0.418 e. The number of nitrogens with one attached hydrogen (secondary N) is 1. The molecule has 2 amide bonds. The highest BCUT2D eigenvalue weighted by atomic mass is 19.4. The van der Waals surface area contributed by atoms with Crippen LogP contribution in [0, 0.1) is 0 Å². The maximum atomic E-state index is 13.1. The van der Waals surface area contributed by atoms with Crippen molar-refractivity contribution in [3.8, 4) is 11.8 Å². The van der Waals surface area contributed by atoms with Gasteiger partial charge in [-0.1, -0.05) is 12.1 Å². The molecule has 0 aliphatic carbocycles.